The summed E-state index contributed by atoms with van der Waals surface area (Å²) in [7, 11) is 0. The second-order valence-corrected chi connectivity index (χ2v) is 7.67. The Kier molecular flexibility index (Phi) is 8.80. The summed E-state index contributed by atoms with van der Waals surface area (Å²) in [4.78, 5) is 26.9. The van der Waals surface area contributed by atoms with E-state index in [1.165, 1.54) is 4.90 Å². The van der Waals surface area contributed by atoms with E-state index in [0.717, 1.165) is 12.0 Å². The van der Waals surface area contributed by atoms with E-state index in [1.807, 2.05) is 32.0 Å². The fourth-order valence-electron chi connectivity index (χ4n) is 2.75. The van der Waals surface area contributed by atoms with Crippen LogP contribution in [0.15, 0.2) is 42.5 Å². The minimum Gasteiger partial charge on any atom is -0.484 e. The van der Waals surface area contributed by atoms with Gasteiger partial charge in [0.05, 0.1) is 0 Å². The van der Waals surface area contributed by atoms with Gasteiger partial charge in [-0.1, -0.05) is 48.3 Å². The number of halogens is 2. The Bertz CT molecular complexity index is 858. The molecule has 0 aliphatic carbocycles. The van der Waals surface area contributed by atoms with Crippen molar-refractivity contribution in [2.24, 2.45) is 0 Å². The van der Waals surface area contributed by atoms with Crippen LogP contribution >= 0.6 is 23.2 Å². The predicted molar refractivity (Wildman–Crippen MR) is 116 cm³/mol. The van der Waals surface area contributed by atoms with E-state index in [9.17, 15) is 9.59 Å². The standard InChI is InChI=1S/C22H26Cl2N2O3/c1-4-10-25-22(28)16(3)26(13-17-8-9-18(23)12-20(17)24)21(27)14-29-19-7-5-6-15(2)11-19/h5-9,11-12,16H,4,10,13-14H2,1-3H3,(H,25,28)/t16-/m0/s1. The van der Waals surface area contributed by atoms with E-state index < -0.39 is 6.04 Å². The summed E-state index contributed by atoms with van der Waals surface area (Å²) in [6.45, 7) is 6.15. The average Bonchev–Trinajstić information content (AvgIpc) is 2.69. The molecule has 2 rings (SSSR count). The Morgan fingerprint density at radius 2 is 1.93 bits per heavy atom. The van der Waals surface area contributed by atoms with E-state index >= 15 is 0 Å². The van der Waals surface area contributed by atoms with Crippen LogP contribution in [0.2, 0.25) is 10.0 Å². The SMILES string of the molecule is CCCNC(=O)[C@H](C)N(Cc1ccc(Cl)cc1Cl)C(=O)COc1cccc(C)c1. The zero-order valence-electron chi connectivity index (χ0n) is 16.9. The van der Waals surface area contributed by atoms with Crippen molar-refractivity contribution in [3.63, 3.8) is 0 Å². The third kappa shape index (κ3) is 6.94. The maximum atomic E-state index is 13.0. The number of hydrogen-bond donors (Lipinski definition) is 1. The molecule has 0 saturated carbocycles. The first kappa shape index (κ1) is 23.0. The highest BCUT2D eigenvalue weighted by Gasteiger charge is 2.27. The van der Waals surface area contributed by atoms with Gasteiger partial charge in [-0.15, -0.1) is 0 Å². The molecule has 0 aromatic heterocycles. The van der Waals surface area contributed by atoms with Gasteiger partial charge in [0.1, 0.15) is 11.8 Å². The highest BCUT2D eigenvalue weighted by atomic mass is 35.5. The summed E-state index contributed by atoms with van der Waals surface area (Å²) >= 11 is 12.2. The normalized spacial score (nSPS) is 11.6. The molecule has 0 heterocycles. The second kappa shape index (κ2) is 11.1. The molecule has 0 fully saturated rings. The molecule has 0 spiro atoms. The maximum Gasteiger partial charge on any atom is 0.261 e. The lowest BCUT2D eigenvalue weighted by molar-refractivity contribution is -0.142. The Morgan fingerprint density at radius 3 is 2.59 bits per heavy atom. The molecular weight excluding hydrogens is 411 g/mol. The van der Waals surface area contributed by atoms with Crippen molar-refractivity contribution in [3.05, 3.63) is 63.6 Å². The number of benzene rings is 2. The van der Waals surface area contributed by atoms with Crippen molar-refractivity contribution in [2.45, 2.75) is 39.8 Å². The number of aryl methyl sites for hydroxylation is 1. The average molecular weight is 437 g/mol. The van der Waals surface area contributed by atoms with Crippen LogP contribution in [0.1, 0.15) is 31.4 Å². The van der Waals surface area contributed by atoms with Gasteiger partial charge in [0.15, 0.2) is 6.61 Å². The summed E-state index contributed by atoms with van der Waals surface area (Å²) in [5, 5.41) is 3.78. The lowest BCUT2D eigenvalue weighted by atomic mass is 10.1. The minimum atomic E-state index is -0.679. The quantitative estimate of drug-likeness (QED) is 0.623. The van der Waals surface area contributed by atoms with E-state index in [1.54, 1.807) is 31.2 Å². The molecule has 0 radical (unpaired) electrons. The van der Waals surface area contributed by atoms with Crippen molar-refractivity contribution in [1.29, 1.82) is 0 Å². The van der Waals surface area contributed by atoms with Gasteiger partial charge >= 0.3 is 0 Å². The fourth-order valence-corrected chi connectivity index (χ4v) is 3.21. The zero-order valence-corrected chi connectivity index (χ0v) is 18.4. The van der Waals surface area contributed by atoms with Crippen LogP contribution in [0.4, 0.5) is 0 Å². The molecule has 1 N–H and O–H groups in total. The van der Waals surface area contributed by atoms with Crippen molar-refractivity contribution >= 4 is 35.0 Å². The molecule has 7 heteroatoms. The molecule has 0 aliphatic rings. The lowest BCUT2D eigenvalue weighted by Crippen LogP contribution is -2.49. The van der Waals surface area contributed by atoms with Crippen molar-refractivity contribution < 1.29 is 14.3 Å². The summed E-state index contributed by atoms with van der Waals surface area (Å²) in [5.41, 5.74) is 1.74. The topological polar surface area (TPSA) is 58.6 Å². The molecule has 5 nitrogen and oxygen atoms in total. The zero-order chi connectivity index (χ0) is 21.4. The minimum absolute atomic E-state index is 0.173. The fraction of sp³-hybridized carbons (Fsp3) is 0.364. The Hall–Kier alpha value is -2.24. The van der Waals surface area contributed by atoms with Gasteiger partial charge < -0.3 is 15.0 Å². The predicted octanol–water partition coefficient (Wildman–Crippen LogP) is 4.62. The number of ether oxygens (including phenoxy) is 1. The van der Waals surface area contributed by atoms with Crippen molar-refractivity contribution in [1.82, 2.24) is 10.2 Å². The largest absolute Gasteiger partial charge is 0.484 e. The van der Waals surface area contributed by atoms with Crippen LogP contribution in [-0.2, 0) is 16.1 Å². The molecule has 0 saturated heterocycles. The van der Waals surface area contributed by atoms with E-state index in [2.05, 4.69) is 5.32 Å². The summed E-state index contributed by atoms with van der Waals surface area (Å²) in [6.07, 6.45) is 0.811. The van der Waals surface area contributed by atoms with Crippen LogP contribution in [-0.4, -0.2) is 35.9 Å². The Labute approximate surface area is 181 Å². The number of carbonyl (C=O) groups is 2. The van der Waals surface area contributed by atoms with Gasteiger partial charge in [0, 0.05) is 23.1 Å². The smallest absolute Gasteiger partial charge is 0.261 e. The first-order valence-electron chi connectivity index (χ1n) is 9.52. The van der Waals surface area contributed by atoms with Gasteiger partial charge in [0.25, 0.3) is 5.91 Å². The molecule has 1 atom stereocenters. The molecule has 2 amide bonds. The number of nitrogens with one attached hydrogen (secondary N) is 1. The third-order valence-electron chi connectivity index (χ3n) is 4.42. The highest BCUT2D eigenvalue weighted by molar-refractivity contribution is 6.35. The molecule has 0 aliphatic heterocycles. The number of rotatable bonds is 9. The number of carbonyl (C=O) groups excluding carboxylic acids is 2. The van der Waals surface area contributed by atoms with Crippen LogP contribution in [0.3, 0.4) is 0 Å². The molecular formula is C22H26Cl2N2O3. The molecule has 0 bridgehead atoms. The van der Waals surface area contributed by atoms with Gasteiger partial charge in [-0.25, -0.2) is 0 Å². The van der Waals surface area contributed by atoms with Crippen LogP contribution < -0.4 is 10.1 Å². The molecule has 2 aromatic carbocycles. The summed E-state index contributed by atoms with van der Waals surface area (Å²) in [5.74, 6) is 0.0726. The van der Waals surface area contributed by atoms with Gasteiger partial charge in [-0.05, 0) is 55.7 Å². The number of nitrogens with zero attached hydrogens (tertiary/aromatic N) is 1. The lowest BCUT2D eigenvalue weighted by Gasteiger charge is -2.29. The van der Waals surface area contributed by atoms with E-state index in [-0.39, 0.29) is 25.0 Å². The Morgan fingerprint density at radius 1 is 1.17 bits per heavy atom. The van der Waals surface area contributed by atoms with E-state index in [4.69, 9.17) is 27.9 Å². The van der Waals surface area contributed by atoms with Gasteiger partial charge in [-0.3, -0.25) is 9.59 Å². The molecule has 29 heavy (non-hydrogen) atoms. The monoisotopic (exact) mass is 436 g/mol. The van der Waals surface area contributed by atoms with Crippen molar-refractivity contribution in [2.75, 3.05) is 13.2 Å². The number of hydrogen-bond acceptors (Lipinski definition) is 3. The molecule has 156 valence electrons. The van der Waals surface area contributed by atoms with Crippen LogP contribution in [0.25, 0.3) is 0 Å². The Balaban J connectivity index is 2.17. The summed E-state index contributed by atoms with van der Waals surface area (Å²) in [6, 6.07) is 11.8. The van der Waals surface area contributed by atoms with Crippen LogP contribution in [0, 0.1) is 6.92 Å². The van der Waals surface area contributed by atoms with E-state index in [0.29, 0.717) is 27.9 Å². The van der Waals surface area contributed by atoms with Gasteiger partial charge in [-0.2, -0.15) is 0 Å². The first-order chi connectivity index (χ1) is 13.8. The molecule has 0 unspecified atom stereocenters. The highest BCUT2D eigenvalue weighted by Crippen LogP contribution is 2.23. The molecule has 2 aromatic rings. The van der Waals surface area contributed by atoms with Gasteiger partial charge in [0.2, 0.25) is 5.91 Å². The van der Waals surface area contributed by atoms with Crippen LogP contribution in [0.5, 0.6) is 5.75 Å². The van der Waals surface area contributed by atoms with Crippen molar-refractivity contribution in [3.8, 4) is 5.75 Å². The first-order valence-corrected chi connectivity index (χ1v) is 10.3. The summed E-state index contributed by atoms with van der Waals surface area (Å²) < 4.78 is 5.65. The maximum absolute atomic E-state index is 13.0. The third-order valence-corrected chi connectivity index (χ3v) is 5.01. The second-order valence-electron chi connectivity index (χ2n) is 6.83. The number of amides is 2.